The zero-order chi connectivity index (χ0) is 20.6. The van der Waals surface area contributed by atoms with E-state index < -0.39 is 0 Å². The Balaban J connectivity index is 1.42. The first-order valence-electron chi connectivity index (χ1n) is 10.1. The summed E-state index contributed by atoms with van der Waals surface area (Å²) < 4.78 is 5.79. The molecule has 30 heavy (non-hydrogen) atoms. The number of unbranched alkanes of at least 4 members (excludes halogenated alkanes) is 1. The highest BCUT2D eigenvalue weighted by Crippen LogP contribution is 2.23. The standard InChI is InChI=1S/C23H24N6O/c1-2-3-12-30-20-11-7-10-18(13-20)22-16-25-29-23(26-22)24-15-19-14-21(28-27-19)17-8-5-4-6-9-17/h4-11,13-14,16H,2-3,12,15H2,1H3,(H,27,28)(H,24,26,29). The quantitative estimate of drug-likeness (QED) is 0.395. The molecule has 0 saturated carbocycles. The summed E-state index contributed by atoms with van der Waals surface area (Å²) in [6, 6.07) is 20.0. The van der Waals surface area contributed by atoms with Gasteiger partial charge in [-0.25, -0.2) is 4.98 Å². The van der Waals surface area contributed by atoms with Gasteiger partial charge in [0, 0.05) is 5.56 Å². The van der Waals surface area contributed by atoms with Gasteiger partial charge in [0.25, 0.3) is 0 Å². The van der Waals surface area contributed by atoms with Crippen molar-refractivity contribution in [2.45, 2.75) is 26.3 Å². The number of nitrogens with one attached hydrogen (secondary N) is 2. The molecule has 0 unspecified atom stereocenters. The van der Waals surface area contributed by atoms with Gasteiger partial charge in [-0.3, -0.25) is 5.10 Å². The number of ether oxygens (including phenoxy) is 1. The van der Waals surface area contributed by atoms with Gasteiger partial charge in [0.15, 0.2) is 0 Å². The van der Waals surface area contributed by atoms with Gasteiger partial charge in [0.05, 0.1) is 36.4 Å². The van der Waals surface area contributed by atoms with Crippen molar-refractivity contribution in [3.63, 3.8) is 0 Å². The van der Waals surface area contributed by atoms with Crippen LogP contribution >= 0.6 is 0 Å². The summed E-state index contributed by atoms with van der Waals surface area (Å²) in [4.78, 5) is 4.58. The number of nitrogens with zero attached hydrogens (tertiary/aromatic N) is 4. The molecule has 2 aromatic heterocycles. The van der Waals surface area contributed by atoms with Crippen molar-refractivity contribution in [3.05, 3.63) is 72.6 Å². The molecule has 7 heteroatoms. The molecule has 2 heterocycles. The molecule has 4 rings (SSSR count). The molecule has 0 bridgehead atoms. The molecule has 0 aliphatic carbocycles. The second-order valence-corrected chi connectivity index (χ2v) is 6.89. The molecule has 2 N–H and O–H groups in total. The van der Waals surface area contributed by atoms with Gasteiger partial charge in [-0.1, -0.05) is 55.8 Å². The van der Waals surface area contributed by atoms with E-state index >= 15 is 0 Å². The number of H-pyrrole nitrogens is 1. The predicted molar refractivity (Wildman–Crippen MR) is 117 cm³/mol. The number of hydrogen-bond donors (Lipinski definition) is 2. The van der Waals surface area contributed by atoms with E-state index in [2.05, 4.69) is 37.6 Å². The first kappa shape index (κ1) is 19.6. The zero-order valence-electron chi connectivity index (χ0n) is 16.9. The minimum Gasteiger partial charge on any atom is -0.494 e. The minimum atomic E-state index is 0.453. The second kappa shape index (κ2) is 9.65. The van der Waals surface area contributed by atoms with Gasteiger partial charge in [-0.05, 0) is 30.2 Å². The molecule has 0 atom stereocenters. The van der Waals surface area contributed by atoms with E-state index in [9.17, 15) is 0 Å². The van der Waals surface area contributed by atoms with E-state index in [-0.39, 0.29) is 0 Å². The fourth-order valence-electron chi connectivity index (χ4n) is 2.99. The normalized spacial score (nSPS) is 10.7. The van der Waals surface area contributed by atoms with Crippen LogP contribution in [0.2, 0.25) is 0 Å². The Morgan fingerprint density at radius 2 is 1.87 bits per heavy atom. The van der Waals surface area contributed by atoms with Gasteiger partial charge in [-0.2, -0.15) is 10.2 Å². The zero-order valence-corrected chi connectivity index (χ0v) is 16.9. The first-order valence-corrected chi connectivity index (χ1v) is 10.1. The first-order chi connectivity index (χ1) is 14.8. The van der Waals surface area contributed by atoms with Crippen LogP contribution in [0, 0.1) is 0 Å². The van der Waals surface area contributed by atoms with E-state index in [1.54, 1.807) is 6.20 Å². The number of rotatable bonds is 9. The van der Waals surface area contributed by atoms with Gasteiger partial charge >= 0.3 is 0 Å². The Hall–Kier alpha value is -3.74. The van der Waals surface area contributed by atoms with Crippen LogP contribution < -0.4 is 10.1 Å². The minimum absolute atomic E-state index is 0.453. The van der Waals surface area contributed by atoms with Crippen molar-refractivity contribution in [1.82, 2.24) is 25.4 Å². The number of aromatic amines is 1. The summed E-state index contributed by atoms with van der Waals surface area (Å²) in [5, 5.41) is 18.8. The number of benzene rings is 2. The molecule has 0 saturated heterocycles. The van der Waals surface area contributed by atoms with Crippen LogP contribution in [0.25, 0.3) is 22.5 Å². The Bertz CT molecular complexity index is 1080. The molecule has 152 valence electrons. The SMILES string of the molecule is CCCCOc1cccc(-c2cnnc(NCc3cc(-c4ccccc4)[nH]n3)n2)c1. The van der Waals surface area contributed by atoms with E-state index in [0.29, 0.717) is 19.1 Å². The second-order valence-electron chi connectivity index (χ2n) is 6.89. The van der Waals surface area contributed by atoms with Crippen molar-refractivity contribution in [2.75, 3.05) is 11.9 Å². The highest BCUT2D eigenvalue weighted by atomic mass is 16.5. The van der Waals surface area contributed by atoms with Crippen LogP contribution in [-0.4, -0.2) is 32.0 Å². The summed E-state index contributed by atoms with van der Waals surface area (Å²) in [6.07, 6.45) is 3.79. The molecule has 4 aromatic rings. The van der Waals surface area contributed by atoms with Crippen molar-refractivity contribution in [2.24, 2.45) is 0 Å². The Labute approximate surface area is 175 Å². The average Bonchev–Trinajstić information content (AvgIpc) is 3.28. The number of anilines is 1. The van der Waals surface area contributed by atoms with E-state index in [0.717, 1.165) is 46.8 Å². The van der Waals surface area contributed by atoms with Crippen LogP contribution in [0.5, 0.6) is 5.75 Å². The van der Waals surface area contributed by atoms with Crippen molar-refractivity contribution in [1.29, 1.82) is 0 Å². The maximum Gasteiger partial charge on any atom is 0.243 e. The largest absolute Gasteiger partial charge is 0.494 e. The van der Waals surface area contributed by atoms with Crippen LogP contribution in [0.15, 0.2) is 66.9 Å². The number of hydrogen-bond acceptors (Lipinski definition) is 6. The fraction of sp³-hybridized carbons (Fsp3) is 0.217. The Morgan fingerprint density at radius 1 is 1.00 bits per heavy atom. The Kier molecular flexibility index (Phi) is 6.29. The van der Waals surface area contributed by atoms with Crippen molar-refractivity contribution >= 4 is 5.95 Å². The monoisotopic (exact) mass is 400 g/mol. The van der Waals surface area contributed by atoms with Crippen LogP contribution in [-0.2, 0) is 6.54 Å². The van der Waals surface area contributed by atoms with Gasteiger partial charge in [0.1, 0.15) is 5.75 Å². The summed E-state index contributed by atoms with van der Waals surface area (Å²) in [6.45, 7) is 3.35. The molecule has 0 radical (unpaired) electrons. The Morgan fingerprint density at radius 3 is 2.73 bits per heavy atom. The topological polar surface area (TPSA) is 88.6 Å². The van der Waals surface area contributed by atoms with Gasteiger partial charge < -0.3 is 10.1 Å². The molecule has 0 fully saturated rings. The van der Waals surface area contributed by atoms with Crippen molar-refractivity contribution in [3.8, 4) is 28.3 Å². The van der Waals surface area contributed by atoms with Crippen molar-refractivity contribution < 1.29 is 4.74 Å². The molecule has 0 aliphatic rings. The lowest BCUT2D eigenvalue weighted by Gasteiger charge is -2.08. The highest BCUT2D eigenvalue weighted by molar-refractivity contribution is 5.61. The maximum absolute atomic E-state index is 5.79. The van der Waals surface area contributed by atoms with E-state index in [1.807, 2.05) is 60.7 Å². The average molecular weight is 400 g/mol. The summed E-state index contributed by atoms with van der Waals surface area (Å²) in [5.74, 6) is 1.29. The summed E-state index contributed by atoms with van der Waals surface area (Å²) in [7, 11) is 0. The van der Waals surface area contributed by atoms with Gasteiger partial charge in [0.2, 0.25) is 5.95 Å². The third kappa shape index (κ3) is 5.00. The molecule has 0 aliphatic heterocycles. The highest BCUT2D eigenvalue weighted by Gasteiger charge is 2.07. The molecular formula is C23H24N6O. The van der Waals surface area contributed by atoms with Crippen LogP contribution in [0.3, 0.4) is 0 Å². The lowest BCUT2D eigenvalue weighted by Crippen LogP contribution is -2.05. The molecular weight excluding hydrogens is 376 g/mol. The van der Waals surface area contributed by atoms with Crippen LogP contribution in [0.4, 0.5) is 5.95 Å². The lowest BCUT2D eigenvalue weighted by atomic mass is 10.1. The summed E-state index contributed by atoms with van der Waals surface area (Å²) >= 11 is 0. The molecule has 0 amide bonds. The third-order valence-electron chi connectivity index (χ3n) is 4.60. The third-order valence-corrected chi connectivity index (χ3v) is 4.60. The molecule has 7 nitrogen and oxygen atoms in total. The lowest BCUT2D eigenvalue weighted by molar-refractivity contribution is 0.309. The number of aromatic nitrogens is 5. The molecule has 0 spiro atoms. The predicted octanol–water partition coefficient (Wildman–Crippen LogP) is 4.72. The molecule has 2 aromatic carbocycles. The fourth-order valence-corrected chi connectivity index (χ4v) is 2.99. The van der Waals surface area contributed by atoms with E-state index in [1.165, 1.54) is 0 Å². The smallest absolute Gasteiger partial charge is 0.243 e. The van der Waals surface area contributed by atoms with Gasteiger partial charge in [-0.15, -0.1) is 5.10 Å². The van der Waals surface area contributed by atoms with E-state index in [4.69, 9.17) is 4.74 Å². The maximum atomic E-state index is 5.79. The summed E-state index contributed by atoms with van der Waals surface area (Å²) in [5.41, 5.74) is 4.61. The van der Waals surface area contributed by atoms with Crippen LogP contribution in [0.1, 0.15) is 25.5 Å².